The van der Waals surface area contributed by atoms with Crippen LogP contribution in [0.3, 0.4) is 0 Å². The minimum absolute atomic E-state index is 0.176. The van der Waals surface area contributed by atoms with Gasteiger partial charge in [0, 0.05) is 10.5 Å². The van der Waals surface area contributed by atoms with Gasteiger partial charge in [-0.3, -0.25) is 0 Å². The van der Waals surface area contributed by atoms with Gasteiger partial charge in [0.25, 0.3) is 6.43 Å². The van der Waals surface area contributed by atoms with E-state index in [0.29, 0.717) is 0 Å². The van der Waals surface area contributed by atoms with E-state index < -0.39 is 30.4 Å². The summed E-state index contributed by atoms with van der Waals surface area (Å²) >= 11 is 5.39. The molecule has 0 aromatic heterocycles. The van der Waals surface area contributed by atoms with E-state index in [9.17, 15) is 13.2 Å². The van der Waals surface area contributed by atoms with Gasteiger partial charge in [0.05, 0.1) is 5.56 Å². The van der Waals surface area contributed by atoms with Crippen molar-refractivity contribution >= 4 is 24.2 Å². The van der Waals surface area contributed by atoms with E-state index in [-0.39, 0.29) is 5.02 Å². The second kappa shape index (κ2) is 4.21. The van der Waals surface area contributed by atoms with Gasteiger partial charge in [-0.25, -0.2) is 13.2 Å². The van der Waals surface area contributed by atoms with Crippen molar-refractivity contribution in [1.29, 1.82) is 0 Å². The fourth-order valence-corrected chi connectivity index (χ4v) is 1.21. The molecule has 0 saturated carbocycles. The number of halogens is 4. The quantitative estimate of drug-likeness (QED) is 0.739. The third-order valence-corrected chi connectivity index (χ3v) is 1.83. The molecule has 2 N–H and O–H groups in total. The minimum atomic E-state index is -3.05. The van der Waals surface area contributed by atoms with Crippen molar-refractivity contribution in [3.05, 3.63) is 28.5 Å². The molecule has 7 heteroatoms. The van der Waals surface area contributed by atoms with Gasteiger partial charge < -0.3 is 10.0 Å². The molecule has 0 amide bonds. The van der Waals surface area contributed by atoms with Crippen LogP contribution in [-0.2, 0) is 0 Å². The lowest BCUT2D eigenvalue weighted by atomic mass is 9.79. The summed E-state index contributed by atoms with van der Waals surface area (Å²) in [5, 5.41) is 17.1. The lowest BCUT2D eigenvalue weighted by Crippen LogP contribution is -2.33. The summed E-state index contributed by atoms with van der Waals surface area (Å²) in [6.45, 7) is 0. The Morgan fingerprint density at radius 3 is 2.29 bits per heavy atom. The summed E-state index contributed by atoms with van der Waals surface area (Å²) in [5.74, 6) is -1.35. The zero-order valence-electron chi connectivity index (χ0n) is 6.72. The van der Waals surface area contributed by atoms with Crippen molar-refractivity contribution < 1.29 is 23.2 Å². The average Bonchev–Trinajstić information content (AvgIpc) is 2.07. The third kappa shape index (κ3) is 2.20. The molecule has 0 aliphatic heterocycles. The van der Waals surface area contributed by atoms with Crippen molar-refractivity contribution in [2.45, 2.75) is 6.43 Å². The number of benzene rings is 1. The predicted molar refractivity (Wildman–Crippen MR) is 46.2 cm³/mol. The van der Waals surface area contributed by atoms with E-state index in [0.717, 1.165) is 12.1 Å². The van der Waals surface area contributed by atoms with Gasteiger partial charge in [-0.15, -0.1) is 0 Å². The predicted octanol–water partition coefficient (Wildman–Crippen LogP) is 1.10. The normalized spacial score (nSPS) is 10.8. The summed E-state index contributed by atoms with van der Waals surface area (Å²) < 4.78 is 37.5. The van der Waals surface area contributed by atoms with Crippen molar-refractivity contribution in [1.82, 2.24) is 0 Å². The summed E-state index contributed by atoms with van der Waals surface area (Å²) in [6.07, 6.45) is -3.05. The fourth-order valence-electron chi connectivity index (χ4n) is 0.979. The van der Waals surface area contributed by atoms with Crippen molar-refractivity contribution in [3.8, 4) is 0 Å². The molecular formula is C7H5BClF3O2. The van der Waals surface area contributed by atoms with Crippen LogP contribution >= 0.6 is 11.6 Å². The molecule has 0 fully saturated rings. The average molecular weight is 224 g/mol. The van der Waals surface area contributed by atoms with Gasteiger partial charge in [0.15, 0.2) is 0 Å². The second-order valence-electron chi connectivity index (χ2n) is 2.57. The number of hydrogen-bond acceptors (Lipinski definition) is 2. The van der Waals surface area contributed by atoms with Gasteiger partial charge in [0.1, 0.15) is 5.82 Å². The molecule has 0 radical (unpaired) electrons. The first-order valence-corrected chi connectivity index (χ1v) is 3.94. The molecule has 0 heterocycles. The van der Waals surface area contributed by atoms with E-state index in [4.69, 9.17) is 21.6 Å². The summed E-state index contributed by atoms with van der Waals surface area (Å²) in [7, 11) is -2.16. The lowest BCUT2D eigenvalue weighted by molar-refractivity contribution is 0.146. The first kappa shape index (κ1) is 11.4. The third-order valence-electron chi connectivity index (χ3n) is 1.61. The Labute approximate surface area is 83.1 Å². The maximum atomic E-state index is 13.1. The van der Waals surface area contributed by atoms with Crippen molar-refractivity contribution in [3.63, 3.8) is 0 Å². The van der Waals surface area contributed by atoms with E-state index in [1.807, 2.05) is 0 Å². The van der Waals surface area contributed by atoms with Gasteiger partial charge in [-0.05, 0) is 12.1 Å². The molecule has 1 rings (SSSR count). The maximum absolute atomic E-state index is 13.1. The van der Waals surface area contributed by atoms with Crippen LogP contribution in [0.25, 0.3) is 0 Å². The Balaban J connectivity index is 3.32. The van der Waals surface area contributed by atoms with Crippen LogP contribution < -0.4 is 5.46 Å². The molecule has 0 aliphatic carbocycles. The molecular weight excluding hydrogens is 219 g/mol. The number of hydrogen-bond donors (Lipinski definition) is 2. The molecule has 0 saturated heterocycles. The van der Waals surface area contributed by atoms with Crippen LogP contribution in [0, 0.1) is 5.82 Å². The Hall–Kier alpha value is -0.715. The number of alkyl halides is 2. The van der Waals surface area contributed by atoms with Crippen LogP contribution in [0.2, 0.25) is 5.02 Å². The Kier molecular flexibility index (Phi) is 3.41. The summed E-state index contributed by atoms with van der Waals surface area (Å²) in [5.41, 5.74) is -1.60. The minimum Gasteiger partial charge on any atom is -0.423 e. The van der Waals surface area contributed by atoms with Crippen LogP contribution in [0.4, 0.5) is 13.2 Å². The molecule has 0 atom stereocenters. The molecule has 0 bridgehead atoms. The monoisotopic (exact) mass is 224 g/mol. The summed E-state index contributed by atoms with van der Waals surface area (Å²) in [6, 6.07) is 1.63. The van der Waals surface area contributed by atoms with E-state index >= 15 is 0 Å². The number of rotatable bonds is 2. The molecule has 0 spiro atoms. The van der Waals surface area contributed by atoms with Crippen LogP contribution in [0.1, 0.15) is 12.0 Å². The standard InChI is InChI=1S/C7H5BClF3O2/c9-3-1-4(7(11)12)6(10)5(2-3)8(13)14/h1-2,7,13-14H. The first-order valence-electron chi connectivity index (χ1n) is 3.56. The first-order chi connectivity index (χ1) is 6.43. The molecule has 1 aromatic carbocycles. The zero-order valence-corrected chi connectivity index (χ0v) is 7.47. The highest BCUT2D eigenvalue weighted by molar-refractivity contribution is 6.59. The largest absolute Gasteiger partial charge is 0.491 e. The van der Waals surface area contributed by atoms with E-state index in [1.54, 1.807) is 0 Å². The molecule has 0 unspecified atom stereocenters. The van der Waals surface area contributed by atoms with Crippen molar-refractivity contribution in [2.24, 2.45) is 0 Å². The molecule has 2 nitrogen and oxygen atoms in total. The van der Waals surface area contributed by atoms with Crippen LogP contribution in [0.15, 0.2) is 12.1 Å². The molecule has 76 valence electrons. The second-order valence-corrected chi connectivity index (χ2v) is 3.01. The van der Waals surface area contributed by atoms with Gasteiger partial charge in [0.2, 0.25) is 0 Å². The Morgan fingerprint density at radius 1 is 1.29 bits per heavy atom. The highest BCUT2D eigenvalue weighted by Gasteiger charge is 2.23. The van der Waals surface area contributed by atoms with Gasteiger partial charge in [-0.2, -0.15) is 0 Å². The van der Waals surface area contributed by atoms with Gasteiger partial charge in [-0.1, -0.05) is 11.6 Å². The Morgan fingerprint density at radius 2 is 1.86 bits per heavy atom. The van der Waals surface area contributed by atoms with Gasteiger partial charge >= 0.3 is 7.12 Å². The highest BCUT2D eigenvalue weighted by atomic mass is 35.5. The molecule has 0 aliphatic rings. The van der Waals surface area contributed by atoms with E-state index in [1.165, 1.54) is 0 Å². The fraction of sp³-hybridized carbons (Fsp3) is 0.143. The SMILES string of the molecule is OB(O)c1cc(Cl)cc(C(F)F)c1F. The maximum Gasteiger partial charge on any atom is 0.491 e. The summed E-state index contributed by atoms with van der Waals surface area (Å²) in [4.78, 5) is 0. The Bertz CT molecular complexity index is 317. The lowest BCUT2D eigenvalue weighted by Gasteiger charge is -2.07. The van der Waals surface area contributed by atoms with Crippen LogP contribution in [0.5, 0.6) is 0 Å². The molecule has 14 heavy (non-hydrogen) atoms. The van der Waals surface area contributed by atoms with Crippen molar-refractivity contribution in [2.75, 3.05) is 0 Å². The smallest absolute Gasteiger partial charge is 0.423 e. The molecule has 1 aromatic rings. The van der Waals surface area contributed by atoms with E-state index in [2.05, 4.69) is 0 Å². The topological polar surface area (TPSA) is 40.5 Å². The van der Waals surface area contributed by atoms with Crippen LogP contribution in [-0.4, -0.2) is 17.2 Å². The zero-order chi connectivity index (χ0) is 10.9. The highest BCUT2D eigenvalue weighted by Crippen LogP contribution is 2.24.